The minimum absolute atomic E-state index is 0.0253. The SMILES string of the molecule is CC(C)(C)c1ccc2c(c1)C=CNS2(=O)=O. The van der Waals surface area contributed by atoms with Crippen LogP contribution in [0.15, 0.2) is 29.3 Å². The summed E-state index contributed by atoms with van der Waals surface area (Å²) in [6.45, 7) is 6.32. The van der Waals surface area contributed by atoms with Crippen molar-refractivity contribution in [3.63, 3.8) is 0 Å². The second-order valence-corrected chi connectivity index (χ2v) is 6.64. The monoisotopic (exact) mass is 237 g/mol. The molecule has 1 heterocycles. The van der Waals surface area contributed by atoms with Crippen LogP contribution in [-0.2, 0) is 15.4 Å². The molecule has 0 unspecified atom stereocenters. The van der Waals surface area contributed by atoms with E-state index in [1.54, 1.807) is 12.1 Å². The summed E-state index contributed by atoms with van der Waals surface area (Å²) in [6, 6.07) is 5.48. The number of hydrogen-bond acceptors (Lipinski definition) is 2. The molecule has 0 spiro atoms. The summed E-state index contributed by atoms with van der Waals surface area (Å²) in [4.78, 5) is 0.350. The topological polar surface area (TPSA) is 46.2 Å². The van der Waals surface area contributed by atoms with Crippen molar-refractivity contribution in [3.8, 4) is 0 Å². The van der Waals surface area contributed by atoms with Crippen molar-refractivity contribution in [3.05, 3.63) is 35.5 Å². The first kappa shape index (κ1) is 11.2. The fourth-order valence-corrected chi connectivity index (χ4v) is 2.73. The predicted molar refractivity (Wildman–Crippen MR) is 64.5 cm³/mol. The molecular weight excluding hydrogens is 222 g/mol. The molecule has 16 heavy (non-hydrogen) atoms. The van der Waals surface area contributed by atoms with Crippen LogP contribution < -0.4 is 4.72 Å². The zero-order valence-electron chi connectivity index (χ0n) is 9.61. The molecule has 86 valence electrons. The van der Waals surface area contributed by atoms with Crippen molar-refractivity contribution in [1.29, 1.82) is 0 Å². The molecule has 0 radical (unpaired) electrons. The van der Waals surface area contributed by atoms with Gasteiger partial charge in [-0.25, -0.2) is 8.42 Å². The van der Waals surface area contributed by atoms with E-state index in [9.17, 15) is 8.42 Å². The lowest BCUT2D eigenvalue weighted by atomic mass is 9.86. The van der Waals surface area contributed by atoms with Crippen LogP contribution in [0.4, 0.5) is 0 Å². The van der Waals surface area contributed by atoms with Crippen molar-refractivity contribution < 1.29 is 8.42 Å². The summed E-state index contributed by atoms with van der Waals surface area (Å²) in [5.41, 5.74) is 1.91. The minimum atomic E-state index is -3.34. The van der Waals surface area contributed by atoms with Crippen molar-refractivity contribution in [2.24, 2.45) is 0 Å². The molecule has 3 nitrogen and oxygen atoms in total. The first-order chi connectivity index (χ1) is 7.31. The number of sulfonamides is 1. The van der Waals surface area contributed by atoms with Crippen LogP contribution in [-0.4, -0.2) is 8.42 Å². The number of benzene rings is 1. The molecule has 0 amide bonds. The van der Waals surface area contributed by atoms with Gasteiger partial charge in [-0.3, -0.25) is 4.72 Å². The van der Waals surface area contributed by atoms with Crippen molar-refractivity contribution in [2.45, 2.75) is 31.1 Å². The summed E-state index contributed by atoms with van der Waals surface area (Å²) in [6.07, 6.45) is 3.25. The van der Waals surface area contributed by atoms with Crippen molar-refractivity contribution >= 4 is 16.1 Å². The van der Waals surface area contributed by atoms with E-state index in [1.165, 1.54) is 6.20 Å². The third kappa shape index (κ3) is 1.85. The zero-order valence-corrected chi connectivity index (χ0v) is 10.4. The second-order valence-electron chi connectivity index (χ2n) is 4.96. The first-order valence-electron chi connectivity index (χ1n) is 5.14. The third-order valence-corrected chi connectivity index (χ3v) is 4.05. The first-order valence-corrected chi connectivity index (χ1v) is 6.62. The Balaban J connectivity index is 2.63. The van der Waals surface area contributed by atoms with Crippen LogP contribution >= 0.6 is 0 Å². The molecule has 0 saturated carbocycles. The Kier molecular flexibility index (Phi) is 2.35. The maximum absolute atomic E-state index is 11.7. The van der Waals surface area contributed by atoms with Crippen LogP contribution in [0.2, 0.25) is 0 Å². The average molecular weight is 237 g/mol. The Labute approximate surface area is 96.2 Å². The Morgan fingerprint density at radius 3 is 2.50 bits per heavy atom. The molecule has 1 aromatic rings. The van der Waals surface area contributed by atoms with E-state index in [-0.39, 0.29) is 5.41 Å². The van der Waals surface area contributed by atoms with Crippen LogP contribution in [0.25, 0.3) is 6.08 Å². The van der Waals surface area contributed by atoms with Gasteiger partial charge in [0.1, 0.15) is 0 Å². The number of hydrogen-bond donors (Lipinski definition) is 1. The van der Waals surface area contributed by atoms with Gasteiger partial charge in [-0.05, 0) is 34.8 Å². The van der Waals surface area contributed by atoms with Gasteiger partial charge in [0.2, 0.25) is 0 Å². The third-order valence-electron chi connectivity index (χ3n) is 2.65. The van der Waals surface area contributed by atoms with E-state index in [4.69, 9.17) is 0 Å². The molecule has 0 atom stereocenters. The number of nitrogens with one attached hydrogen (secondary N) is 1. The molecule has 1 aliphatic heterocycles. The highest BCUT2D eigenvalue weighted by Crippen LogP contribution is 2.28. The van der Waals surface area contributed by atoms with Gasteiger partial charge in [-0.2, -0.15) is 0 Å². The Morgan fingerprint density at radius 2 is 1.88 bits per heavy atom. The van der Waals surface area contributed by atoms with Gasteiger partial charge >= 0.3 is 0 Å². The lowest BCUT2D eigenvalue weighted by Gasteiger charge is -2.21. The van der Waals surface area contributed by atoms with Gasteiger partial charge in [-0.15, -0.1) is 0 Å². The highest BCUT2D eigenvalue weighted by molar-refractivity contribution is 7.89. The van der Waals surface area contributed by atoms with Gasteiger partial charge in [0.05, 0.1) is 4.90 Å². The van der Waals surface area contributed by atoms with Gasteiger partial charge in [0, 0.05) is 6.20 Å². The fourth-order valence-electron chi connectivity index (χ4n) is 1.67. The maximum Gasteiger partial charge on any atom is 0.262 e. The average Bonchev–Trinajstić information content (AvgIpc) is 2.15. The largest absolute Gasteiger partial charge is 0.286 e. The summed E-state index contributed by atoms with van der Waals surface area (Å²) in [7, 11) is -3.34. The van der Waals surface area contributed by atoms with Crippen molar-refractivity contribution in [1.82, 2.24) is 4.72 Å². The lowest BCUT2D eigenvalue weighted by Crippen LogP contribution is -2.22. The van der Waals surface area contributed by atoms with E-state index in [0.717, 1.165) is 11.1 Å². The highest BCUT2D eigenvalue weighted by atomic mass is 32.2. The van der Waals surface area contributed by atoms with Crippen molar-refractivity contribution in [2.75, 3.05) is 0 Å². The molecule has 2 rings (SSSR count). The van der Waals surface area contributed by atoms with E-state index in [0.29, 0.717) is 4.90 Å². The molecule has 0 fully saturated rings. The molecular formula is C12H15NO2S. The Morgan fingerprint density at radius 1 is 1.19 bits per heavy atom. The Bertz CT molecular complexity index is 551. The van der Waals surface area contributed by atoms with Crippen LogP contribution in [0.3, 0.4) is 0 Å². The zero-order chi connectivity index (χ0) is 12.0. The molecule has 4 heteroatoms. The van der Waals surface area contributed by atoms with E-state index in [2.05, 4.69) is 25.5 Å². The smallest absolute Gasteiger partial charge is 0.262 e. The molecule has 0 aromatic heterocycles. The second kappa shape index (κ2) is 3.35. The quantitative estimate of drug-likeness (QED) is 0.752. The van der Waals surface area contributed by atoms with Gasteiger partial charge in [0.15, 0.2) is 0 Å². The molecule has 0 aliphatic carbocycles. The number of fused-ring (bicyclic) bond motifs is 1. The van der Waals surface area contributed by atoms with Crippen LogP contribution in [0, 0.1) is 0 Å². The summed E-state index contributed by atoms with van der Waals surface area (Å²) >= 11 is 0. The molecule has 1 N–H and O–H groups in total. The normalized spacial score (nSPS) is 17.7. The fraction of sp³-hybridized carbons (Fsp3) is 0.333. The van der Waals surface area contributed by atoms with Gasteiger partial charge in [-0.1, -0.05) is 26.8 Å². The van der Waals surface area contributed by atoms with Gasteiger partial charge < -0.3 is 0 Å². The van der Waals surface area contributed by atoms with E-state index >= 15 is 0 Å². The summed E-state index contributed by atoms with van der Waals surface area (Å²) in [5, 5.41) is 0. The highest BCUT2D eigenvalue weighted by Gasteiger charge is 2.22. The Hall–Kier alpha value is -1.29. The molecule has 0 saturated heterocycles. The standard InChI is InChI=1S/C12H15NO2S/c1-12(2,3)10-4-5-11-9(8-10)6-7-13-16(11,14)15/h4-8,13H,1-3H3. The molecule has 1 aromatic carbocycles. The summed E-state index contributed by atoms with van der Waals surface area (Å²) in [5.74, 6) is 0. The van der Waals surface area contributed by atoms with Crippen LogP contribution in [0.1, 0.15) is 31.9 Å². The number of rotatable bonds is 0. The molecule has 0 bridgehead atoms. The molecule has 1 aliphatic rings. The maximum atomic E-state index is 11.7. The minimum Gasteiger partial charge on any atom is -0.286 e. The van der Waals surface area contributed by atoms with Crippen LogP contribution in [0.5, 0.6) is 0 Å². The van der Waals surface area contributed by atoms with E-state index < -0.39 is 10.0 Å². The van der Waals surface area contributed by atoms with E-state index in [1.807, 2.05) is 12.1 Å². The summed E-state index contributed by atoms with van der Waals surface area (Å²) < 4.78 is 25.7. The predicted octanol–water partition coefficient (Wildman–Crippen LogP) is 2.25. The van der Waals surface area contributed by atoms with Gasteiger partial charge in [0.25, 0.3) is 10.0 Å². The lowest BCUT2D eigenvalue weighted by molar-refractivity contribution is 0.583.